The summed E-state index contributed by atoms with van der Waals surface area (Å²) in [5, 5.41) is 0. The maximum absolute atomic E-state index is 6.36. The number of nitrogens with two attached hydrogens (primary N) is 1. The van der Waals surface area contributed by atoms with Crippen molar-refractivity contribution < 1.29 is 4.74 Å². The van der Waals surface area contributed by atoms with Gasteiger partial charge in [0.1, 0.15) is 5.75 Å². The van der Waals surface area contributed by atoms with Crippen LogP contribution in [0.3, 0.4) is 0 Å². The van der Waals surface area contributed by atoms with Crippen LogP contribution in [0.25, 0.3) is 0 Å². The molecule has 2 N–H and O–H groups in total. The van der Waals surface area contributed by atoms with Crippen molar-refractivity contribution in [1.29, 1.82) is 0 Å². The lowest BCUT2D eigenvalue weighted by Gasteiger charge is -2.38. The van der Waals surface area contributed by atoms with Crippen LogP contribution in [-0.4, -0.2) is 55.7 Å². The van der Waals surface area contributed by atoms with Crippen LogP contribution in [0.2, 0.25) is 0 Å². The number of rotatable bonds is 4. The molecule has 21 heavy (non-hydrogen) atoms. The molecule has 1 aliphatic rings. The molecule has 0 saturated carbocycles. The van der Waals surface area contributed by atoms with E-state index < -0.39 is 0 Å². The van der Waals surface area contributed by atoms with Crippen LogP contribution in [0, 0.1) is 0 Å². The second-order valence-corrected chi connectivity index (χ2v) is 6.25. The van der Waals surface area contributed by atoms with Crippen molar-refractivity contribution in [1.82, 2.24) is 9.80 Å². The van der Waals surface area contributed by atoms with E-state index in [9.17, 15) is 0 Å². The first-order chi connectivity index (χ1) is 10.0. The Morgan fingerprint density at radius 3 is 2.67 bits per heavy atom. The molecular formula is C17H29N3O. The van der Waals surface area contributed by atoms with Gasteiger partial charge in [0, 0.05) is 30.7 Å². The van der Waals surface area contributed by atoms with Gasteiger partial charge in [-0.1, -0.05) is 18.2 Å². The van der Waals surface area contributed by atoms with E-state index in [4.69, 9.17) is 10.5 Å². The summed E-state index contributed by atoms with van der Waals surface area (Å²) in [4.78, 5) is 4.96. The second-order valence-electron chi connectivity index (χ2n) is 6.25. The highest BCUT2D eigenvalue weighted by molar-refractivity contribution is 5.37. The molecule has 0 bridgehead atoms. The maximum atomic E-state index is 6.36. The Labute approximate surface area is 128 Å². The van der Waals surface area contributed by atoms with Crippen molar-refractivity contribution in [2.45, 2.75) is 38.4 Å². The van der Waals surface area contributed by atoms with Crippen LogP contribution in [-0.2, 0) is 0 Å². The molecule has 3 atom stereocenters. The zero-order valence-corrected chi connectivity index (χ0v) is 13.7. The third-order valence-corrected chi connectivity index (χ3v) is 4.41. The van der Waals surface area contributed by atoms with Crippen LogP contribution < -0.4 is 10.5 Å². The van der Waals surface area contributed by atoms with E-state index in [2.05, 4.69) is 42.8 Å². The summed E-state index contributed by atoms with van der Waals surface area (Å²) in [5.74, 6) is 0.935. The highest BCUT2D eigenvalue weighted by Gasteiger charge is 2.31. The third-order valence-electron chi connectivity index (χ3n) is 4.41. The lowest BCUT2D eigenvalue weighted by molar-refractivity contribution is 0.125. The van der Waals surface area contributed by atoms with Gasteiger partial charge in [0.15, 0.2) is 0 Å². The Morgan fingerprint density at radius 2 is 2.00 bits per heavy atom. The first kappa shape index (κ1) is 16.3. The third kappa shape index (κ3) is 3.76. The van der Waals surface area contributed by atoms with Crippen molar-refractivity contribution in [2.75, 3.05) is 33.8 Å². The number of hydrogen-bond donors (Lipinski definition) is 1. The molecular weight excluding hydrogens is 262 g/mol. The largest absolute Gasteiger partial charge is 0.496 e. The van der Waals surface area contributed by atoms with Crippen LogP contribution in [0.4, 0.5) is 0 Å². The van der Waals surface area contributed by atoms with Crippen molar-refractivity contribution in [3.05, 3.63) is 29.8 Å². The van der Waals surface area contributed by atoms with Crippen molar-refractivity contribution >= 4 is 0 Å². The van der Waals surface area contributed by atoms with Crippen LogP contribution >= 0.6 is 0 Å². The molecule has 1 aromatic carbocycles. The minimum atomic E-state index is 0.0622. The van der Waals surface area contributed by atoms with Gasteiger partial charge in [-0.3, -0.25) is 4.90 Å². The topological polar surface area (TPSA) is 41.7 Å². The van der Waals surface area contributed by atoms with E-state index >= 15 is 0 Å². The van der Waals surface area contributed by atoms with E-state index in [1.165, 1.54) is 12.0 Å². The fourth-order valence-electron chi connectivity index (χ4n) is 3.48. The first-order valence-corrected chi connectivity index (χ1v) is 7.87. The Hall–Kier alpha value is -1.10. The predicted octanol–water partition coefficient (Wildman–Crippen LogP) is 2.11. The van der Waals surface area contributed by atoms with E-state index in [0.717, 1.165) is 25.4 Å². The zero-order chi connectivity index (χ0) is 15.4. The molecule has 4 nitrogen and oxygen atoms in total. The smallest absolute Gasteiger partial charge is 0.123 e. The van der Waals surface area contributed by atoms with Gasteiger partial charge in [-0.25, -0.2) is 0 Å². The summed E-state index contributed by atoms with van der Waals surface area (Å²) in [6.45, 7) is 7.71. The number of nitrogens with zero attached hydrogens (tertiary/aromatic N) is 2. The average Bonchev–Trinajstić information content (AvgIpc) is 2.61. The van der Waals surface area contributed by atoms with Crippen LogP contribution in [0.5, 0.6) is 5.75 Å². The normalized spacial score (nSPS) is 24.3. The molecule has 1 aliphatic heterocycles. The fourth-order valence-corrected chi connectivity index (χ4v) is 3.48. The second kappa shape index (κ2) is 7.25. The number of para-hydroxylation sites is 1. The lowest BCUT2D eigenvalue weighted by Crippen LogP contribution is -2.46. The van der Waals surface area contributed by atoms with Crippen molar-refractivity contribution in [3.8, 4) is 5.75 Å². The van der Waals surface area contributed by atoms with Gasteiger partial charge < -0.3 is 15.4 Å². The Morgan fingerprint density at radius 1 is 1.29 bits per heavy atom. The number of likely N-dealkylation sites (N-methyl/N-ethyl adjacent to an activating group) is 1. The summed E-state index contributed by atoms with van der Waals surface area (Å²) >= 11 is 0. The van der Waals surface area contributed by atoms with Gasteiger partial charge in [-0.15, -0.1) is 0 Å². The number of hydrogen-bond acceptors (Lipinski definition) is 4. The minimum Gasteiger partial charge on any atom is -0.496 e. The molecule has 1 saturated heterocycles. The lowest BCUT2D eigenvalue weighted by atomic mass is 9.96. The van der Waals surface area contributed by atoms with Gasteiger partial charge in [0.25, 0.3) is 0 Å². The van der Waals surface area contributed by atoms with E-state index in [1.54, 1.807) is 7.11 Å². The molecule has 0 aliphatic carbocycles. The van der Waals surface area contributed by atoms with E-state index in [1.807, 2.05) is 12.1 Å². The molecule has 0 aromatic heterocycles. The summed E-state index contributed by atoms with van der Waals surface area (Å²) in [7, 11) is 3.93. The fraction of sp³-hybridized carbons (Fsp3) is 0.647. The average molecular weight is 291 g/mol. The molecule has 1 heterocycles. The standard InChI is InChI=1S/C17H29N3O/c1-13-12-19(3)10-7-11-20(13)17(14(2)18)15-8-5-6-9-16(15)21-4/h5-6,8-9,13-14,17H,7,10-12,18H2,1-4H3. The molecule has 2 rings (SSSR count). The number of benzene rings is 1. The molecule has 1 aromatic rings. The zero-order valence-electron chi connectivity index (χ0n) is 13.7. The van der Waals surface area contributed by atoms with Gasteiger partial charge >= 0.3 is 0 Å². The quantitative estimate of drug-likeness (QED) is 0.922. The van der Waals surface area contributed by atoms with Crippen LogP contribution in [0.1, 0.15) is 31.9 Å². The minimum absolute atomic E-state index is 0.0622. The van der Waals surface area contributed by atoms with Crippen LogP contribution in [0.15, 0.2) is 24.3 Å². The number of methoxy groups -OCH3 is 1. The monoisotopic (exact) mass is 291 g/mol. The molecule has 3 unspecified atom stereocenters. The Balaban J connectivity index is 2.34. The first-order valence-electron chi connectivity index (χ1n) is 7.87. The molecule has 1 fully saturated rings. The molecule has 0 radical (unpaired) electrons. The summed E-state index contributed by atoms with van der Waals surface area (Å²) in [5.41, 5.74) is 7.56. The van der Waals surface area contributed by atoms with E-state index in [0.29, 0.717) is 6.04 Å². The Kier molecular flexibility index (Phi) is 5.62. The molecule has 118 valence electrons. The highest BCUT2D eigenvalue weighted by Crippen LogP contribution is 2.33. The molecule has 4 heteroatoms. The van der Waals surface area contributed by atoms with Gasteiger partial charge in [0.05, 0.1) is 13.2 Å². The maximum Gasteiger partial charge on any atom is 0.123 e. The summed E-state index contributed by atoms with van der Waals surface area (Å²) in [6, 6.07) is 9.00. The molecule has 0 amide bonds. The summed E-state index contributed by atoms with van der Waals surface area (Å²) < 4.78 is 5.56. The number of ether oxygens (including phenoxy) is 1. The van der Waals surface area contributed by atoms with Gasteiger partial charge in [0.2, 0.25) is 0 Å². The summed E-state index contributed by atoms with van der Waals surface area (Å²) in [6.07, 6.45) is 1.18. The SMILES string of the molecule is COc1ccccc1C(C(C)N)N1CCCN(C)CC1C. The Bertz CT molecular complexity index is 449. The van der Waals surface area contributed by atoms with Gasteiger partial charge in [-0.05, 0) is 39.9 Å². The van der Waals surface area contributed by atoms with E-state index in [-0.39, 0.29) is 12.1 Å². The van der Waals surface area contributed by atoms with Gasteiger partial charge in [-0.2, -0.15) is 0 Å². The highest BCUT2D eigenvalue weighted by atomic mass is 16.5. The van der Waals surface area contributed by atoms with Crippen molar-refractivity contribution in [3.63, 3.8) is 0 Å². The molecule has 0 spiro atoms. The van der Waals surface area contributed by atoms with Crippen molar-refractivity contribution in [2.24, 2.45) is 5.73 Å². The predicted molar refractivity (Wildman–Crippen MR) is 87.7 cm³/mol.